The lowest BCUT2D eigenvalue weighted by Gasteiger charge is -1.98. The van der Waals surface area contributed by atoms with E-state index >= 15 is 0 Å². The summed E-state index contributed by atoms with van der Waals surface area (Å²) >= 11 is 0. The van der Waals surface area contributed by atoms with E-state index in [1.54, 1.807) is 0 Å². The van der Waals surface area contributed by atoms with E-state index in [9.17, 15) is 9.59 Å². The minimum absolute atomic E-state index is 0. The van der Waals surface area contributed by atoms with E-state index in [1.165, 1.54) is 13.3 Å². The predicted molar refractivity (Wildman–Crippen MR) is 44.2 cm³/mol. The van der Waals surface area contributed by atoms with Crippen LogP contribution in [0, 0.1) is 0 Å². The molecule has 0 spiro atoms. The van der Waals surface area contributed by atoms with E-state index in [2.05, 4.69) is 9.72 Å². The van der Waals surface area contributed by atoms with Crippen molar-refractivity contribution in [2.75, 3.05) is 7.11 Å². The molecular formula is C7H9NO5. The lowest BCUT2D eigenvalue weighted by Crippen LogP contribution is -2.10. The van der Waals surface area contributed by atoms with Crippen molar-refractivity contribution in [2.45, 2.75) is 0 Å². The van der Waals surface area contributed by atoms with Crippen molar-refractivity contribution < 1.29 is 20.1 Å². The van der Waals surface area contributed by atoms with E-state index < -0.39 is 11.4 Å². The Morgan fingerprint density at radius 2 is 2.23 bits per heavy atom. The number of aromatic amines is 1. The van der Waals surface area contributed by atoms with Crippen molar-refractivity contribution in [3.63, 3.8) is 0 Å². The van der Waals surface area contributed by atoms with Gasteiger partial charge in [-0.05, 0) is 0 Å². The number of nitrogens with one attached hydrogen (secondary N) is 1. The molecule has 0 aliphatic rings. The van der Waals surface area contributed by atoms with Crippen molar-refractivity contribution in [2.24, 2.45) is 0 Å². The number of H-pyrrole nitrogens is 1. The van der Waals surface area contributed by atoms with Crippen molar-refractivity contribution in [3.8, 4) is 5.75 Å². The standard InChI is InChI=1S/C7H7NO4.H2O/c1-12-6-3-8-4(7(10)11)2-5(6)9;/h2-3H,1H3,(H,8,9)(H,10,11);1H2. The summed E-state index contributed by atoms with van der Waals surface area (Å²) in [5.74, 6) is -1.07. The number of hydrogen-bond acceptors (Lipinski definition) is 3. The Bertz CT molecular complexity index is 356. The number of carboxylic acid groups (broad SMARTS) is 1. The molecule has 0 unspecified atom stereocenters. The number of rotatable bonds is 2. The van der Waals surface area contributed by atoms with Gasteiger partial charge in [0.05, 0.1) is 7.11 Å². The highest BCUT2D eigenvalue weighted by atomic mass is 16.5. The van der Waals surface area contributed by atoms with E-state index in [-0.39, 0.29) is 16.9 Å². The summed E-state index contributed by atoms with van der Waals surface area (Å²) in [7, 11) is 1.34. The first kappa shape index (κ1) is 11.2. The zero-order valence-electron chi connectivity index (χ0n) is 6.83. The highest BCUT2D eigenvalue weighted by molar-refractivity contribution is 5.85. The van der Waals surface area contributed by atoms with Gasteiger partial charge in [-0.3, -0.25) is 4.79 Å². The van der Waals surface area contributed by atoms with Gasteiger partial charge in [-0.25, -0.2) is 4.79 Å². The molecule has 1 aromatic rings. The summed E-state index contributed by atoms with van der Waals surface area (Å²) in [6.45, 7) is 0. The third kappa shape index (κ3) is 2.31. The summed E-state index contributed by atoms with van der Waals surface area (Å²) in [4.78, 5) is 23.7. The van der Waals surface area contributed by atoms with Crippen LogP contribution < -0.4 is 10.2 Å². The van der Waals surface area contributed by atoms with Crippen LogP contribution >= 0.6 is 0 Å². The Morgan fingerprint density at radius 3 is 2.62 bits per heavy atom. The monoisotopic (exact) mass is 187 g/mol. The first-order valence-electron chi connectivity index (χ1n) is 3.15. The van der Waals surface area contributed by atoms with Crippen LogP contribution in [0.5, 0.6) is 5.75 Å². The maximum atomic E-state index is 11.0. The lowest BCUT2D eigenvalue weighted by molar-refractivity contribution is 0.0690. The quantitative estimate of drug-likeness (QED) is 0.634. The maximum Gasteiger partial charge on any atom is 0.352 e. The van der Waals surface area contributed by atoms with Gasteiger partial charge in [0.15, 0.2) is 5.75 Å². The SMILES string of the molecule is COc1c[nH]c(C(=O)O)cc1=O.O. The second kappa shape index (κ2) is 4.27. The van der Waals surface area contributed by atoms with Gasteiger partial charge in [0.1, 0.15) is 5.69 Å². The molecular weight excluding hydrogens is 178 g/mol. The first-order valence-corrected chi connectivity index (χ1v) is 3.15. The molecule has 6 heteroatoms. The molecule has 0 aliphatic carbocycles. The molecule has 13 heavy (non-hydrogen) atoms. The van der Waals surface area contributed by atoms with Gasteiger partial charge in [-0.2, -0.15) is 0 Å². The minimum Gasteiger partial charge on any atom is -0.491 e. The number of aromatic nitrogens is 1. The predicted octanol–water partition coefficient (Wildman–Crippen LogP) is -0.743. The van der Waals surface area contributed by atoms with Gasteiger partial charge in [0, 0.05) is 12.3 Å². The molecule has 4 N–H and O–H groups in total. The second-order valence-electron chi connectivity index (χ2n) is 2.08. The number of methoxy groups -OCH3 is 1. The fourth-order valence-corrected chi connectivity index (χ4v) is 0.741. The van der Waals surface area contributed by atoms with Crippen molar-refractivity contribution in [1.29, 1.82) is 0 Å². The van der Waals surface area contributed by atoms with Crippen LogP contribution in [0.1, 0.15) is 10.5 Å². The van der Waals surface area contributed by atoms with Crippen LogP contribution in [0.2, 0.25) is 0 Å². The summed E-state index contributed by atoms with van der Waals surface area (Å²) in [6, 6.07) is 0.973. The van der Waals surface area contributed by atoms with E-state index in [4.69, 9.17) is 5.11 Å². The highest BCUT2D eigenvalue weighted by Crippen LogP contribution is 1.99. The molecule has 6 nitrogen and oxygen atoms in total. The average molecular weight is 187 g/mol. The molecule has 0 radical (unpaired) electrons. The molecule has 0 saturated heterocycles. The molecule has 1 aromatic heterocycles. The number of hydrogen-bond donors (Lipinski definition) is 2. The Labute approximate surface area is 73.1 Å². The average Bonchev–Trinajstić information content (AvgIpc) is 2.04. The molecule has 1 heterocycles. The molecule has 0 aromatic carbocycles. The van der Waals surface area contributed by atoms with Crippen LogP contribution in [0.3, 0.4) is 0 Å². The number of aromatic carboxylic acids is 1. The van der Waals surface area contributed by atoms with Gasteiger partial charge < -0.3 is 20.3 Å². The van der Waals surface area contributed by atoms with Crippen molar-refractivity contribution >= 4 is 5.97 Å². The topological polar surface area (TPSA) is 111 Å². The molecule has 1 rings (SSSR count). The summed E-state index contributed by atoms with van der Waals surface area (Å²) in [6.07, 6.45) is 1.21. The zero-order chi connectivity index (χ0) is 9.14. The minimum atomic E-state index is -1.17. The fourth-order valence-electron chi connectivity index (χ4n) is 0.741. The number of carboxylic acids is 1. The summed E-state index contributed by atoms with van der Waals surface area (Å²) in [5.41, 5.74) is -0.602. The molecule has 0 bridgehead atoms. The maximum absolute atomic E-state index is 11.0. The smallest absolute Gasteiger partial charge is 0.352 e. The van der Waals surface area contributed by atoms with Crippen molar-refractivity contribution in [1.82, 2.24) is 4.98 Å². The van der Waals surface area contributed by atoms with Crippen LogP contribution in [0.4, 0.5) is 0 Å². The van der Waals surface area contributed by atoms with Gasteiger partial charge in [0.25, 0.3) is 0 Å². The van der Waals surface area contributed by atoms with Crippen LogP contribution in [0.25, 0.3) is 0 Å². The zero-order valence-corrected chi connectivity index (χ0v) is 6.83. The molecule has 0 fully saturated rings. The third-order valence-corrected chi connectivity index (χ3v) is 1.33. The molecule has 72 valence electrons. The number of pyridine rings is 1. The van der Waals surface area contributed by atoms with Gasteiger partial charge >= 0.3 is 5.97 Å². The number of carbonyl (C=O) groups is 1. The second-order valence-corrected chi connectivity index (χ2v) is 2.08. The van der Waals surface area contributed by atoms with Crippen LogP contribution in [-0.2, 0) is 0 Å². The third-order valence-electron chi connectivity index (χ3n) is 1.33. The van der Waals surface area contributed by atoms with E-state index in [0.717, 1.165) is 6.07 Å². The first-order chi connectivity index (χ1) is 5.65. The fraction of sp³-hybridized carbons (Fsp3) is 0.143. The Kier molecular flexibility index (Phi) is 3.67. The van der Waals surface area contributed by atoms with E-state index in [0.29, 0.717) is 0 Å². The Morgan fingerprint density at radius 1 is 1.62 bits per heavy atom. The molecule has 0 amide bonds. The Hall–Kier alpha value is -1.82. The molecule has 0 saturated carbocycles. The number of ether oxygens (including phenoxy) is 1. The van der Waals surface area contributed by atoms with E-state index in [1.807, 2.05) is 0 Å². The van der Waals surface area contributed by atoms with Gasteiger partial charge in [-0.1, -0.05) is 0 Å². The summed E-state index contributed by atoms with van der Waals surface area (Å²) in [5, 5.41) is 8.46. The molecule has 0 atom stereocenters. The highest BCUT2D eigenvalue weighted by Gasteiger charge is 2.05. The van der Waals surface area contributed by atoms with Crippen molar-refractivity contribution in [3.05, 3.63) is 28.2 Å². The summed E-state index contributed by atoms with van der Waals surface area (Å²) < 4.78 is 4.64. The van der Waals surface area contributed by atoms with Crippen LogP contribution in [-0.4, -0.2) is 28.6 Å². The normalized spacial score (nSPS) is 8.69. The molecule has 0 aliphatic heterocycles. The lowest BCUT2D eigenvalue weighted by atomic mass is 10.3. The van der Waals surface area contributed by atoms with Crippen LogP contribution in [0.15, 0.2) is 17.1 Å². The largest absolute Gasteiger partial charge is 0.491 e. The Balaban J connectivity index is 0.00000144. The van der Waals surface area contributed by atoms with Gasteiger partial charge in [0.2, 0.25) is 5.43 Å². The van der Waals surface area contributed by atoms with Gasteiger partial charge in [-0.15, -0.1) is 0 Å².